The van der Waals surface area contributed by atoms with Gasteiger partial charge in [0.2, 0.25) is 0 Å². The molecule has 2 aromatic heterocycles. The lowest BCUT2D eigenvalue weighted by atomic mass is 10.3. The second-order valence-electron chi connectivity index (χ2n) is 2.74. The molecule has 0 unspecified atom stereocenters. The number of H-pyrrole nitrogens is 1. The van der Waals surface area contributed by atoms with Crippen molar-refractivity contribution >= 4 is 22.8 Å². The van der Waals surface area contributed by atoms with Crippen LogP contribution in [-0.4, -0.2) is 16.0 Å². The van der Waals surface area contributed by atoms with Gasteiger partial charge in [-0.3, -0.25) is 0 Å². The van der Waals surface area contributed by atoms with Crippen LogP contribution in [0.25, 0.3) is 11.0 Å². The summed E-state index contributed by atoms with van der Waals surface area (Å²) in [7, 11) is 0. The Bertz CT molecular complexity index is 493. The van der Waals surface area contributed by atoms with E-state index in [1.165, 1.54) is 12.3 Å². The quantitative estimate of drug-likeness (QED) is 0.637. The van der Waals surface area contributed by atoms with Crippen molar-refractivity contribution in [1.29, 1.82) is 0 Å². The van der Waals surface area contributed by atoms with Gasteiger partial charge in [0.1, 0.15) is 11.5 Å². The van der Waals surface area contributed by atoms with E-state index in [-0.39, 0.29) is 0 Å². The smallest absolute Gasteiger partial charge is 0.316 e. The van der Waals surface area contributed by atoms with Crippen molar-refractivity contribution in [2.45, 2.75) is 0 Å². The number of halogens is 1. The third kappa shape index (κ3) is 1.37. The summed E-state index contributed by atoms with van der Waals surface area (Å²) >= 11 is 0. The lowest BCUT2D eigenvalue weighted by Gasteiger charge is -1.97. The number of nitrogens with one attached hydrogen (secondary N) is 2. The van der Waals surface area contributed by atoms with E-state index in [0.29, 0.717) is 16.7 Å². The van der Waals surface area contributed by atoms with E-state index in [1.54, 1.807) is 0 Å². The molecule has 0 bridgehead atoms. The number of fused-ring (bicyclic) bond motifs is 1. The highest BCUT2D eigenvalue weighted by molar-refractivity contribution is 5.99. The molecule has 2 aromatic rings. The largest absolute Gasteiger partial charge is 0.351 e. The Labute approximate surface area is 78.1 Å². The molecular weight excluding hydrogens is 187 g/mol. The van der Waals surface area contributed by atoms with Crippen LogP contribution in [0.3, 0.4) is 0 Å². The fourth-order valence-corrected chi connectivity index (χ4v) is 1.21. The number of primary amides is 1. The molecule has 5 nitrogen and oxygen atoms in total. The first-order valence-electron chi connectivity index (χ1n) is 3.86. The summed E-state index contributed by atoms with van der Waals surface area (Å²) in [6.45, 7) is 0. The molecule has 2 heterocycles. The number of anilines is 1. The van der Waals surface area contributed by atoms with Crippen LogP contribution in [0.5, 0.6) is 0 Å². The van der Waals surface area contributed by atoms with Crippen molar-refractivity contribution in [2.24, 2.45) is 5.73 Å². The van der Waals surface area contributed by atoms with Crippen molar-refractivity contribution in [3.8, 4) is 0 Å². The number of hydrogen-bond donors (Lipinski definition) is 3. The molecule has 0 aliphatic rings. The number of aromatic nitrogens is 2. The van der Waals surface area contributed by atoms with E-state index >= 15 is 0 Å². The van der Waals surface area contributed by atoms with E-state index in [2.05, 4.69) is 15.3 Å². The van der Waals surface area contributed by atoms with Crippen molar-refractivity contribution in [3.05, 3.63) is 24.3 Å². The predicted octanol–water partition coefficient (Wildman–Crippen LogP) is 1.19. The van der Waals surface area contributed by atoms with E-state index < -0.39 is 11.8 Å². The monoisotopic (exact) mass is 194 g/mol. The molecule has 0 saturated carbocycles. The number of urea groups is 1. The number of nitrogens with zero attached hydrogens (tertiary/aromatic N) is 1. The van der Waals surface area contributed by atoms with E-state index in [9.17, 15) is 9.18 Å². The molecule has 2 rings (SSSR count). The number of hydrogen-bond acceptors (Lipinski definition) is 2. The summed E-state index contributed by atoms with van der Waals surface area (Å²) in [5.41, 5.74) is 5.85. The summed E-state index contributed by atoms with van der Waals surface area (Å²) in [5.74, 6) is -0.468. The summed E-state index contributed by atoms with van der Waals surface area (Å²) in [6.07, 6.45) is 2.59. The molecule has 6 heteroatoms. The molecule has 0 aliphatic carbocycles. The Hall–Kier alpha value is -2.11. The van der Waals surface area contributed by atoms with Crippen molar-refractivity contribution in [3.63, 3.8) is 0 Å². The van der Waals surface area contributed by atoms with Gasteiger partial charge in [-0.2, -0.15) is 0 Å². The fourth-order valence-electron chi connectivity index (χ4n) is 1.21. The third-order valence-corrected chi connectivity index (χ3v) is 1.76. The average Bonchev–Trinajstić information content (AvgIpc) is 2.47. The fraction of sp³-hybridized carbons (Fsp3) is 0. The zero-order valence-electron chi connectivity index (χ0n) is 7.04. The van der Waals surface area contributed by atoms with E-state index in [4.69, 9.17) is 5.73 Å². The van der Waals surface area contributed by atoms with Crippen molar-refractivity contribution in [2.75, 3.05) is 5.32 Å². The lowest BCUT2D eigenvalue weighted by molar-refractivity contribution is 0.259. The van der Waals surface area contributed by atoms with Gasteiger partial charge in [0.25, 0.3) is 0 Å². The van der Waals surface area contributed by atoms with Gasteiger partial charge in [-0.05, 0) is 6.07 Å². The summed E-state index contributed by atoms with van der Waals surface area (Å²) < 4.78 is 12.8. The molecule has 0 aliphatic heterocycles. The second kappa shape index (κ2) is 2.99. The Kier molecular flexibility index (Phi) is 1.81. The normalized spacial score (nSPS) is 10.4. The van der Waals surface area contributed by atoms with E-state index in [0.717, 1.165) is 6.20 Å². The maximum absolute atomic E-state index is 12.8. The minimum absolute atomic E-state index is 0.416. The van der Waals surface area contributed by atoms with Crippen LogP contribution in [0.2, 0.25) is 0 Å². The predicted molar refractivity (Wildman–Crippen MR) is 49.3 cm³/mol. The van der Waals surface area contributed by atoms with Crippen molar-refractivity contribution in [1.82, 2.24) is 9.97 Å². The molecule has 0 saturated heterocycles. The first-order chi connectivity index (χ1) is 6.66. The number of pyridine rings is 1. The zero-order valence-corrected chi connectivity index (χ0v) is 7.04. The highest BCUT2D eigenvalue weighted by atomic mass is 19.1. The molecule has 14 heavy (non-hydrogen) atoms. The Balaban J connectivity index is 2.55. The Morgan fingerprint density at radius 2 is 2.43 bits per heavy atom. The minimum Gasteiger partial charge on any atom is -0.351 e. The molecule has 0 radical (unpaired) electrons. The van der Waals surface area contributed by atoms with Crippen LogP contribution in [0.1, 0.15) is 0 Å². The molecule has 0 aromatic carbocycles. The second-order valence-corrected chi connectivity index (χ2v) is 2.74. The van der Waals surface area contributed by atoms with Crippen LogP contribution in [0.15, 0.2) is 18.5 Å². The standard InChI is InChI=1S/C8H7FN4O/c9-4-1-5-6(13-8(10)14)3-12-7(5)11-2-4/h1-3H,(H,11,12)(H3,10,13,14). The number of carbonyl (C=O) groups excluding carboxylic acids is 1. The van der Waals surface area contributed by atoms with Crippen LogP contribution < -0.4 is 11.1 Å². The molecule has 0 fully saturated rings. The van der Waals surface area contributed by atoms with Gasteiger partial charge in [-0.25, -0.2) is 14.2 Å². The Morgan fingerprint density at radius 1 is 1.64 bits per heavy atom. The van der Waals surface area contributed by atoms with Crippen LogP contribution in [0.4, 0.5) is 14.9 Å². The van der Waals surface area contributed by atoms with Crippen LogP contribution in [-0.2, 0) is 0 Å². The van der Waals surface area contributed by atoms with Gasteiger partial charge in [0.15, 0.2) is 0 Å². The first kappa shape index (κ1) is 8.49. The molecule has 2 amide bonds. The average molecular weight is 194 g/mol. The van der Waals surface area contributed by atoms with E-state index in [1.807, 2.05) is 0 Å². The maximum Gasteiger partial charge on any atom is 0.316 e. The Morgan fingerprint density at radius 3 is 3.14 bits per heavy atom. The van der Waals surface area contributed by atoms with Crippen LogP contribution in [0, 0.1) is 5.82 Å². The highest BCUT2D eigenvalue weighted by Crippen LogP contribution is 2.21. The molecule has 4 N–H and O–H groups in total. The number of nitrogens with two attached hydrogens (primary N) is 1. The molecule has 0 atom stereocenters. The van der Waals surface area contributed by atoms with Gasteiger partial charge >= 0.3 is 6.03 Å². The number of rotatable bonds is 1. The summed E-state index contributed by atoms with van der Waals surface area (Å²) in [4.78, 5) is 17.1. The summed E-state index contributed by atoms with van der Waals surface area (Å²) in [6, 6.07) is 0.569. The minimum atomic E-state index is -0.699. The lowest BCUT2D eigenvalue weighted by Crippen LogP contribution is -2.18. The number of aromatic amines is 1. The van der Waals surface area contributed by atoms with Gasteiger partial charge in [-0.15, -0.1) is 0 Å². The topological polar surface area (TPSA) is 83.8 Å². The zero-order chi connectivity index (χ0) is 10.1. The highest BCUT2D eigenvalue weighted by Gasteiger charge is 2.06. The third-order valence-electron chi connectivity index (χ3n) is 1.76. The van der Waals surface area contributed by atoms with Gasteiger partial charge in [0.05, 0.1) is 11.9 Å². The van der Waals surface area contributed by atoms with Gasteiger partial charge in [-0.1, -0.05) is 0 Å². The molecule has 72 valence electrons. The van der Waals surface area contributed by atoms with Crippen LogP contribution >= 0.6 is 0 Å². The van der Waals surface area contributed by atoms with Crippen molar-refractivity contribution < 1.29 is 9.18 Å². The summed E-state index contributed by atoms with van der Waals surface area (Å²) in [5, 5.41) is 2.85. The van der Waals surface area contributed by atoms with Gasteiger partial charge in [0, 0.05) is 11.6 Å². The first-order valence-corrected chi connectivity index (χ1v) is 3.86. The molecular formula is C8H7FN4O. The number of carbonyl (C=O) groups is 1. The number of amides is 2. The molecule has 0 spiro atoms. The van der Waals surface area contributed by atoms with Gasteiger partial charge < -0.3 is 16.0 Å². The maximum atomic E-state index is 12.8. The SMILES string of the molecule is NC(=O)Nc1c[nH]c2ncc(F)cc12.